The summed E-state index contributed by atoms with van der Waals surface area (Å²) in [6.07, 6.45) is 3.45. The number of morpholine rings is 1. The van der Waals surface area contributed by atoms with Gasteiger partial charge in [-0.3, -0.25) is 0 Å². The molecule has 0 bridgehead atoms. The Balaban J connectivity index is 1.96. The van der Waals surface area contributed by atoms with Crippen molar-refractivity contribution in [2.24, 2.45) is 0 Å². The number of hydrogen-bond acceptors (Lipinski definition) is 5. The van der Waals surface area contributed by atoms with Gasteiger partial charge in [0.2, 0.25) is 0 Å². The lowest BCUT2D eigenvalue weighted by atomic mass is 10.1. The Morgan fingerprint density at radius 2 is 2.32 bits per heavy atom. The molecule has 2 unspecified atom stereocenters. The number of fused-ring (bicyclic) bond motifs is 1. The third kappa shape index (κ3) is 2.12. The number of carbonyl (C=O) groups is 1. The molecule has 2 aliphatic rings. The number of carboxylic acid groups (broad SMARTS) is 1. The molecule has 1 aromatic heterocycles. The Morgan fingerprint density at radius 1 is 1.47 bits per heavy atom. The number of aromatic carboxylic acids is 1. The molecule has 2 fully saturated rings. The summed E-state index contributed by atoms with van der Waals surface area (Å²) in [7, 11) is 0. The zero-order chi connectivity index (χ0) is 13.4. The van der Waals surface area contributed by atoms with E-state index in [1.165, 1.54) is 6.07 Å². The minimum atomic E-state index is -1.03. The van der Waals surface area contributed by atoms with Gasteiger partial charge >= 0.3 is 5.97 Å². The van der Waals surface area contributed by atoms with E-state index in [0.717, 1.165) is 19.3 Å². The van der Waals surface area contributed by atoms with Crippen molar-refractivity contribution in [1.82, 2.24) is 4.98 Å². The van der Waals surface area contributed by atoms with Crippen LogP contribution in [0.15, 0.2) is 12.1 Å². The van der Waals surface area contributed by atoms with Crippen molar-refractivity contribution in [2.45, 2.75) is 31.4 Å². The van der Waals surface area contributed by atoms with E-state index in [9.17, 15) is 4.79 Å². The second kappa shape index (κ2) is 4.70. The third-order valence-corrected chi connectivity index (χ3v) is 3.88. The number of nitrogen functional groups attached to an aromatic ring is 1. The topological polar surface area (TPSA) is 88.7 Å². The number of nitrogens with zero attached hydrogens (tertiary/aromatic N) is 2. The molecule has 0 amide bonds. The van der Waals surface area contributed by atoms with Gasteiger partial charge in [-0.2, -0.15) is 0 Å². The Hall–Kier alpha value is -1.82. The summed E-state index contributed by atoms with van der Waals surface area (Å²) < 4.78 is 5.74. The Labute approximate surface area is 111 Å². The first kappa shape index (κ1) is 12.2. The SMILES string of the molecule is Nc1ccc(C(=O)O)nc1N1CCOC2CCCC21. The van der Waals surface area contributed by atoms with Gasteiger partial charge in [-0.25, -0.2) is 9.78 Å². The van der Waals surface area contributed by atoms with Gasteiger partial charge in [0.15, 0.2) is 11.5 Å². The van der Waals surface area contributed by atoms with Gasteiger partial charge in [0.25, 0.3) is 0 Å². The van der Waals surface area contributed by atoms with Gasteiger partial charge < -0.3 is 20.5 Å². The van der Waals surface area contributed by atoms with Crippen LogP contribution in [0.3, 0.4) is 0 Å². The largest absolute Gasteiger partial charge is 0.477 e. The van der Waals surface area contributed by atoms with Crippen molar-refractivity contribution < 1.29 is 14.6 Å². The smallest absolute Gasteiger partial charge is 0.354 e. The first-order chi connectivity index (χ1) is 9.16. The zero-order valence-corrected chi connectivity index (χ0v) is 10.6. The first-order valence-corrected chi connectivity index (χ1v) is 6.55. The highest BCUT2D eigenvalue weighted by Gasteiger charge is 2.37. The fraction of sp³-hybridized carbons (Fsp3) is 0.538. The maximum atomic E-state index is 11.0. The molecule has 0 spiro atoms. The number of nitrogens with two attached hydrogens (primary N) is 1. The van der Waals surface area contributed by atoms with Crippen LogP contribution in [0.5, 0.6) is 0 Å². The Kier molecular flexibility index (Phi) is 3.02. The standard InChI is InChI=1S/C13H17N3O3/c14-8-4-5-9(13(17)18)15-12(8)16-6-7-19-11-3-1-2-10(11)16/h4-5,10-11H,1-3,6-7,14H2,(H,17,18). The molecule has 3 N–H and O–H groups in total. The predicted octanol–water partition coefficient (Wildman–Crippen LogP) is 1.12. The highest BCUT2D eigenvalue weighted by molar-refractivity contribution is 5.87. The highest BCUT2D eigenvalue weighted by Crippen LogP contribution is 2.34. The van der Waals surface area contributed by atoms with Crippen LogP contribution in [-0.2, 0) is 4.74 Å². The van der Waals surface area contributed by atoms with E-state index in [1.807, 2.05) is 0 Å². The van der Waals surface area contributed by atoms with E-state index >= 15 is 0 Å². The number of ether oxygens (including phenoxy) is 1. The third-order valence-electron chi connectivity index (χ3n) is 3.88. The zero-order valence-electron chi connectivity index (χ0n) is 10.6. The molecule has 6 heteroatoms. The van der Waals surface area contributed by atoms with E-state index in [-0.39, 0.29) is 17.8 Å². The molecule has 1 aliphatic carbocycles. The van der Waals surface area contributed by atoms with Crippen molar-refractivity contribution in [3.8, 4) is 0 Å². The lowest BCUT2D eigenvalue weighted by molar-refractivity contribution is 0.0253. The minimum absolute atomic E-state index is 0.0326. The summed E-state index contributed by atoms with van der Waals surface area (Å²) >= 11 is 0. The summed E-state index contributed by atoms with van der Waals surface area (Å²) in [6.45, 7) is 1.35. The van der Waals surface area contributed by atoms with Crippen LogP contribution < -0.4 is 10.6 Å². The molecular formula is C13H17N3O3. The van der Waals surface area contributed by atoms with Crippen LogP contribution >= 0.6 is 0 Å². The van der Waals surface area contributed by atoms with Crippen LogP contribution in [0.1, 0.15) is 29.8 Å². The number of rotatable bonds is 2. The van der Waals surface area contributed by atoms with Crippen molar-refractivity contribution >= 4 is 17.5 Å². The summed E-state index contributed by atoms with van der Waals surface area (Å²) in [5, 5.41) is 9.04. The van der Waals surface area contributed by atoms with Crippen LogP contribution in [0.25, 0.3) is 0 Å². The summed E-state index contributed by atoms with van der Waals surface area (Å²) in [4.78, 5) is 17.3. The minimum Gasteiger partial charge on any atom is -0.477 e. The van der Waals surface area contributed by atoms with Crippen LogP contribution in [0.2, 0.25) is 0 Å². The molecule has 19 heavy (non-hydrogen) atoms. The monoisotopic (exact) mass is 263 g/mol. The fourth-order valence-corrected chi connectivity index (χ4v) is 3.00. The summed E-state index contributed by atoms with van der Waals surface area (Å²) in [6, 6.07) is 3.33. The van der Waals surface area contributed by atoms with Crippen LogP contribution in [0, 0.1) is 0 Å². The maximum absolute atomic E-state index is 11.0. The normalized spacial score (nSPS) is 26.2. The lowest BCUT2D eigenvalue weighted by Crippen LogP contribution is -2.49. The highest BCUT2D eigenvalue weighted by atomic mass is 16.5. The number of hydrogen-bond donors (Lipinski definition) is 2. The molecule has 0 radical (unpaired) electrons. The van der Waals surface area contributed by atoms with Crippen LogP contribution in [-0.4, -0.2) is 41.4 Å². The van der Waals surface area contributed by atoms with Gasteiger partial charge in [0.1, 0.15) is 0 Å². The molecular weight excluding hydrogens is 246 g/mol. The molecule has 1 saturated heterocycles. The molecule has 2 heterocycles. The Bertz CT molecular complexity index is 506. The average Bonchev–Trinajstić information content (AvgIpc) is 2.87. The lowest BCUT2D eigenvalue weighted by Gasteiger charge is -2.39. The number of anilines is 2. The average molecular weight is 263 g/mol. The number of aromatic nitrogens is 1. The molecule has 0 aromatic carbocycles. The second-order valence-electron chi connectivity index (χ2n) is 5.02. The van der Waals surface area contributed by atoms with Gasteiger partial charge in [-0.15, -0.1) is 0 Å². The van der Waals surface area contributed by atoms with Crippen molar-refractivity contribution in [1.29, 1.82) is 0 Å². The van der Waals surface area contributed by atoms with E-state index in [2.05, 4.69) is 9.88 Å². The summed E-state index contributed by atoms with van der Waals surface area (Å²) in [5.74, 6) is -0.447. The van der Waals surface area contributed by atoms with Crippen molar-refractivity contribution in [3.05, 3.63) is 17.8 Å². The van der Waals surface area contributed by atoms with E-state index < -0.39 is 5.97 Å². The molecule has 6 nitrogen and oxygen atoms in total. The van der Waals surface area contributed by atoms with Gasteiger partial charge in [-0.05, 0) is 31.4 Å². The van der Waals surface area contributed by atoms with E-state index in [4.69, 9.17) is 15.6 Å². The van der Waals surface area contributed by atoms with Crippen LogP contribution in [0.4, 0.5) is 11.5 Å². The molecule has 2 atom stereocenters. The second-order valence-corrected chi connectivity index (χ2v) is 5.02. The quantitative estimate of drug-likeness (QED) is 0.831. The van der Waals surface area contributed by atoms with Crippen molar-refractivity contribution in [3.63, 3.8) is 0 Å². The fourth-order valence-electron chi connectivity index (χ4n) is 3.00. The van der Waals surface area contributed by atoms with E-state index in [1.54, 1.807) is 6.07 Å². The van der Waals surface area contributed by atoms with Gasteiger partial charge in [0, 0.05) is 6.54 Å². The molecule has 102 valence electrons. The molecule has 1 saturated carbocycles. The van der Waals surface area contributed by atoms with Crippen molar-refractivity contribution in [2.75, 3.05) is 23.8 Å². The number of pyridine rings is 1. The first-order valence-electron chi connectivity index (χ1n) is 6.55. The molecule has 1 aromatic rings. The predicted molar refractivity (Wildman–Crippen MR) is 70.3 cm³/mol. The van der Waals surface area contributed by atoms with E-state index in [0.29, 0.717) is 24.7 Å². The summed E-state index contributed by atoms with van der Waals surface area (Å²) in [5.41, 5.74) is 6.52. The molecule has 3 rings (SSSR count). The molecule has 1 aliphatic heterocycles. The van der Waals surface area contributed by atoms with Gasteiger partial charge in [0.05, 0.1) is 24.4 Å². The number of carboxylic acids is 1. The van der Waals surface area contributed by atoms with Gasteiger partial charge in [-0.1, -0.05) is 0 Å². The maximum Gasteiger partial charge on any atom is 0.354 e. The Morgan fingerprint density at radius 3 is 3.11 bits per heavy atom.